The van der Waals surface area contributed by atoms with E-state index >= 15 is 0 Å². The Morgan fingerprint density at radius 3 is 2.27 bits per heavy atom. The highest BCUT2D eigenvalue weighted by Gasteiger charge is 2.51. The first-order valence-electron chi connectivity index (χ1n) is 8.42. The second-order valence-electron chi connectivity index (χ2n) is 6.47. The fourth-order valence-electron chi connectivity index (χ4n) is 3.37. The molecule has 0 bridgehead atoms. The summed E-state index contributed by atoms with van der Waals surface area (Å²) in [6, 6.07) is 15.0. The first-order chi connectivity index (χ1) is 12.3. The van der Waals surface area contributed by atoms with E-state index in [0.717, 1.165) is 23.3 Å². The number of benzene rings is 2. The Hall–Kier alpha value is -2.34. The van der Waals surface area contributed by atoms with Gasteiger partial charge in [0, 0.05) is 13.0 Å². The number of carbonyl (C=O) groups is 1. The highest BCUT2D eigenvalue weighted by Crippen LogP contribution is 2.49. The first-order valence-corrected chi connectivity index (χ1v) is 8.42. The standard InChI is InChI=1S/C20H20F3NO2/c1-13(15-6-4-3-5-7-15)24-18(12-26-14(2)25)19(24)16-8-10-17(11-9-16)20(21,22)23/h3-11,13,18-19H,12H2,1-2H3/t13-,18+,19-,24?/m1/s1. The van der Waals surface area contributed by atoms with E-state index in [4.69, 9.17) is 4.74 Å². The van der Waals surface area contributed by atoms with E-state index in [0.29, 0.717) is 0 Å². The second kappa shape index (κ2) is 7.11. The van der Waals surface area contributed by atoms with Crippen LogP contribution in [0.15, 0.2) is 54.6 Å². The number of halogens is 3. The maximum atomic E-state index is 12.8. The number of rotatable bonds is 5. The molecule has 0 N–H and O–H groups in total. The smallest absolute Gasteiger partial charge is 0.416 e. The minimum atomic E-state index is -4.35. The summed E-state index contributed by atoms with van der Waals surface area (Å²) >= 11 is 0. The van der Waals surface area contributed by atoms with Crippen LogP contribution in [0.4, 0.5) is 13.2 Å². The Labute approximate surface area is 150 Å². The summed E-state index contributed by atoms with van der Waals surface area (Å²) in [5.41, 5.74) is 1.23. The Balaban J connectivity index is 1.82. The van der Waals surface area contributed by atoms with E-state index in [2.05, 4.69) is 4.90 Å². The lowest BCUT2D eigenvalue weighted by molar-refractivity contribution is -0.141. The normalized spacial score (nSPS) is 23.3. The van der Waals surface area contributed by atoms with Crippen molar-refractivity contribution in [3.63, 3.8) is 0 Å². The van der Waals surface area contributed by atoms with Crippen LogP contribution in [-0.2, 0) is 15.7 Å². The van der Waals surface area contributed by atoms with Crippen LogP contribution in [-0.4, -0.2) is 23.5 Å². The zero-order valence-corrected chi connectivity index (χ0v) is 14.5. The fraction of sp³-hybridized carbons (Fsp3) is 0.350. The second-order valence-corrected chi connectivity index (χ2v) is 6.47. The van der Waals surface area contributed by atoms with Gasteiger partial charge in [-0.25, -0.2) is 0 Å². The lowest BCUT2D eigenvalue weighted by atomic mass is 10.1. The molecule has 6 heteroatoms. The van der Waals surface area contributed by atoms with Crippen LogP contribution < -0.4 is 0 Å². The van der Waals surface area contributed by atoms with E-state index in [1.807, 2.05) is 37.3 Å². The minimum absolute atomic E-state index is 0.0501. The van der Waals surface area contributed by atoms with Crippen LogP contribution in [0.3, 0.4) is 0 Å². The molecule has 2 aromatic rings. The molecule has 0 radical (unpaired) electrons. The SMILES string of the molecule is CC(=O)OC[C@H]1[C@@H](c2ccc(C(F)(F)F)cc2)N1[C@H](C)c1ccccc1. The molecule has 138 valence electrons. The number of nitrogens with zero attached hydrogens (tertiary/aromatic N) is 1. The lowest BCUT2D eigenvalue weighted by Crippen LogP contribution is -2.14. The molecule has 3 rings (SSSR count). The van der Waals surface area contributed by atoms with Gasteiger partial charge in [0.25, 0.3) is 0 Å². The molecule has 26 heavy (non-hydrogen) atoms. The van der Waals surface area contributed by atoms with Gasteiger partial charge < -0.3 is 4.74 Å². The third-order valence-electron chi connectivity index (χ3n) is 4.74. The molecule has 0 amide bonds. The Morgan fingerprint density at radius 1 is 1.12 bits per heavy atom. The summed E-state index contributed by atoms with van der Waals surface area (Å²) in [4.78, 5) is 13.3. The molecule has 1 aliphatic rings. The van der Waals surface area contributed by atoms with Gasteiger partial charge in [-0.15, -0.1) is 0 Å². The summed E-state index contributed by atoms with van der Waals surface area (Å²) < 4.78 is 43.5. The summed E-state index contributed by atoms with van der Waals surface area (Å²) in [5, 5.41) is 0. The van der Waals surface area contributed by atoms with Crippen LogP contribution in [0.1, 0.15) is 42.6 Å². The molecular formula is C20H20F3NO2. The third kappa shape index (κ3) is 3.90. The topological polar surface area (TPSA) is 29.3 Å². The molecular weight excluding hydrogens is 343 g/mol. The maximum Gasteiger partial charge on any atom is 0.416 e. The van der Waals surface area contributed by atoms with Crippen molar-refractivity contribution in [3.05, 3.63) is 71.3 Å². The minimum Gasteiger partial charge on any atom is -0.464 e. The largest absolute Gasteiger partial charge is 0.464 e. The Bertz CT molecular complexity index is 759. The van der Waals surface area contributed by atoms with Gasteiger partial charge in [0.15, 0.2) is 0 Å². The molecule has 0 aromatic heterocycles. The van der Waals surface area contributed by atoms with E-state index in [-0.39, 0.29) is 30.7 Å². The van der Waals surface area contributed by atoms with Crippen molar-refractivity contribution in [1.29, 1.82) is 0 Å². The average Bonchev–Trinajstić information content (AvgIpc) is 3.33. The van der Waals surface area contributed by atoms with Gasteiger partial charge in [-0.1, -0.05) is 42.5 Å². The van der Waals surface area contributed by atoms with Crippen LogP contribution >= 0.6 is 0 Å². The van der Waals surface area contributed by atoms with Crippen molar-refractivity contribution in [2.75, 3.05) is 6.61 Å². The van der Waals surface area contributed by atoms with Crippen molar-refractivity contribution in [1.82, 2.24) is 4.90 Å². The molecule has 1 saturated heterocycles. The van der Waals surface area contributed by atoms with Gasteiger partial charge in [0.05, 0.1) is 17.6 Å². The van der Waals surface area contributed by atoms with E-state index in [1.54, 1.807) is 0 Å². The molecule has 0 aliphatic carbocycles. The molecule has 1 fully saturated rings. The van der Waals surface area contributed by atoms with Gasteiger partial charge in [-0.3, -0.25) is 9.69 Å². The van der Waals surface area contributed by atoms with Crippen LogP contribution in [0.5, 0.6) is 0 Å². The van der Waals surface area contributed by atoms with Crippen molar-refractivity contribution in [3.8, 4) is 0 Å². The third-order valence-corrected chi connectivity index (χ3v) is 4.74. The molecule has 2 aromatic carbocycles. The monoisotopic (exact) mass is 363 g/mol. The number of hydrogen-bond acceptors (Lipinski definition) is 3. The van der Waals surface area contributed by atoms with E-state index in [9.17, 15) is 18.0 Å². The highest BCUT2D eigenvalue weighted by atomic mass is 19.4. The number of esters is 1. The van der Waals surface area contributed by atoms with Gasteiger partial charge in [0.1, 0.15) is 6.61 Å². The lowest BCUT2D eigenvalue weighted by Gasteiger charge is -2.15. The van der Waals surface area contributed by atoms with Gasteiger partial charge >= 0.3 is 12.1 Å². The molecule has 4 atom stereocenters. The first kappa shape index (κ1) is 18.5. The van der Waals surface area contributed by atoms with Gasteiger partial charge in [0.2, 0.25) is 0 Å². The van der Waals surface area contributed by atoms with E-state index < -0.39 is 11.7 Å². The number of ether oxygens (including phenoxy) is 1. The van der Waals surface area contributed by atoms with Gasteiger partial charge in [-0.2, -0.15) is 13.2 Å². The van der Waals surface area contributed by atoms with Crippen molar-refractivity contribution in [2.45, 2.75) is 38.1 Å². The Morgan fingerprint density at radius 2 is 1.73 bits per heavy atom. The Kier molecular flexibility index (Phi) is 5.05. The van der Waals surface area contributed by atoms with Crippen LogP contribution in [0.2, 0.25) is 0 Å². The van der Waals surface area contributed by atoms with Crippen molar-refractivity contribution >= 4 is 5.97 Å². The highest BCUT2D eigenvalue weighted by molar-refractivity contribution is 5.66. The predicted molar refractivity (Wildman–Crippen MR) is 91.3 cm³/mol. The maximum absolute atomic E-state index is 12.8. The summed E-state index contributed by atoms with van der Waals surface area (Å²) in [6.07, 6.45) is -4.35. The molecule has 0 spiro atoms. The zero-order valence-electron chi connectivity index (χ0n) is 14.5. The molecule has 1 heterocycles. The molecule has 1 unspecified atom stereocenters. The quantitative estimate of drug-likeness (QED) is 0.567. The van der Waals surface area contributed by atoms with Gasteiger partial charge in [-0.05, 0) is 30.2 Å². The summed E-state index contributed by atoms with van der Waals surface area (Å²) in [7, 11) is 0. The van der Waals surface area contributed by atoms with Crippen molar-refractivity contribution in [2.24, 2.45) is 0 Å². The predicted octanol–water partition coefficient (Wildman–Crippen LogP) is 4.76. The van der Waals surface area contributed by atoms with E-state index in [1.165, 1.54) is 19.1 Å². The fourth-order valence-corrected chi connectivity index (χ4v) is 3.37. The summed E-state index contributed by atoms with van der Waals surface area (Å²) in [5.74, 6) is -0.365. The van der Waals surface area contributed by atoms with Crippen molar-refractivity contribution < 1.29 is 22.7 Å². The van der Waals surface area contributed by atoms with Crippen LogP contribution in [0, 0.1) is 0 Å². The molecule has 3 nitrogen and oxygen atoms in total. The molecule has 0 saturated carbocycles. The number of alkyl halides is 3. The molecule has 1 aliphatic heterocycles. The number of hydrogen-bond donors (Lipinski definition) is 0. The number of carbonyl (C=O) groups excluding carboxylic acids is 1. The average molecular weight is 363 g/mol. The summed E-state index contributed by atoms with van der Waals surface area (Å²) in [6.45, 7) is 3.61. The van der Waals surface area contributed by atoms with Crippen LogP contribution in [0.25, 0.3) is 0 Å². The zero-order chi connectivity index (χ0) is 18.9.